The van der Waals surface area contributed by atoms with Gasteiger partial charge in [-0.15, -0.1) is 0 Å². The Kier molecular flexibility index (Phi) is 7.74. The highest BCUT2D eigenvalue weighted by molar-refractivity contribution is 5.74. The number of benzene rings is 2. The number of hydrogen-bond acceptors (Lipinski definition) is 3. The van der Waals surface area contributed by atoms with E-state index in [1.807, 2.05) is 31.2 Å². The second-order valence-corrected chi connectivity index (χ2v) is 7.83. The van der Waals surface area contributed by atoms with E-state index in [4.69, 9.17) is 9.47 Å². The maximum atomic E-state index is 14.4. The minimum Gasteiger partial charge on any atom is -0.493 e. The van der Waals surface area contributed by atoms with Crippen molar-refractivity contribution in [2.24, 2.45) is 0 Å². The fourth-order valence-corrected chi connectivity index (χ4v) is 4.50. The molecule has 0 fully saturated rings. The van der Waals surface area contributed by atoms with Crippen molar-refractivity contribution in [1.82, 2.24) is 10.6 Å². The largest absolute Gasteiger partial charge is 0.493 e. The fraction of sp³-hybridized carbons (Fsp3) is 0.458. The molecule has 1 aliphatic rings. The van der Waals surface area contributed by atoms with E-state index in [-0.39, 0.29) is 23.9 Å². The number of carbonyl (C=O) groups excluding carboxylic acids is 1. The lowest BCUT2D eigenvalue weighted by Gasteiger charge is -2.39. The molecule has 1 heterocycles. The minimum atomic E-state index is -0.198. The first-order chi connectivity index (χ1) is 15.0. The maximum absolute atomic E-state index is 14.4. The van der Waals surface area contributed by atoms with Gasteiger partial charge in [0, 0.05) is 24.1 Å². The molecular weight excluding hydrogens is 397 g/mol. The highest BCUT2D eigenvalue weighted by Gasteiger charge is 2.38. The Morgan fingerprint density at radius 2 is 1.90 bits per heavy atom. The second kappa shape index (κ2) is 10.5. The number of fused-ring (bicyclic) bond motifs is 1. The molecular formula is C24H33FN3O3+. The number of urea groups is 1. The summed E-state index contributed by atoms with van der Waals surface area (Å²) in [5, 5.41) is 5.96. The van der Waals surface area contributed by atoms with E-state index < -0.39 is 0 Å². The lowest BCUT2D eigenvalue weighted by molar-refractivity contribution is -0.948. The summed E-state index contributed by atoms with van der Waals surface area (Å²) in [5.74, 6) is 1.16. The molecule has 0 bridgehead atoms. The first-order valence-electron chi connectivity index (χ1n) is 10.9. The molecule has 0 radical (unpaired) electrons. The van der Waals surface area contributed by atoms with E-state index in [0.29, 0.717) is 30.2 Å². The van der Waals surface area contributed by atoms with E-state index in [1.54, 1.807) is 20.3 Å². The molecule has 3 N–H and O–H groups in total. The van der Waals surface area contributed by atoms with E-state index >= 15 is 0 Å². The second-order valence-electron chi connectivity index (χ2n) is 7.83. The van der Waals surface area contributed by atoms with Gasteiger partial charge in [0.25, 0.3) is 0 Å². The summed E-state index contributed by atoms with van der Waals surface area (Å²) in [6, 6.07) is 10.6. The van der Waals surface area contributed by atoms with Crippen molar-refractivity contribution in [1.29, 1.82) is 0 Å². The van der Waals surface area contributed by atoms with Gasteiger partial charge in [-0.1, -0.05) is 25.1 Å². The van der Waals surface area contributed by atoms with Crippen molar-refractivity contribution in [2.75, 3.05) is 27.3 Å². The lowest BCUT2D eigenvalue weighted by Crippen LogP contribution is -3.13. The van der Waals surface area contributed by atoms with Crippen LogP contribution in [-0.4, -0.2) is 39.4 Å². The number of halogens is 1. The highest BCUT2D eigenvalue weighted by Crippen LogP contribution is 2.35. The maximum Gasteiger partial charge on any atom is 0.315 e. The summed E-state index contributed by atoms with van der Waals surface area (Å²) in [6.45, 7) is 5.88. The number of nitrogens with one attached hydrogen (secondary N) is 3. The van der Waals surface area contributed by atoms with Gasteiger partial charge in [-0.3, -0.25) is 0 Å². The van der Waals surface area contributed by atoms with Crippen molar-refractivity contribution in [3.63, 3.8) is 0 Å². The Bertz CT molecular complexity index is 906. The monoisotopic (exact) mass is 430 g/mol. The summed E-state index contributed by atoms with van der Waals surface area (Å²) >= 11 is 0. The van der Waals surface area contributed by atoms with Gasteiger partial charge in [-0.25, -0.2) is 9.18 Å². The van der Waals surface area contributed by atoms with Crippen LogP contribution in [-0.2, 0) is 13.0 Å². The molecule has 31 heavy (non-hydrogen) atoms. The first-order valence-corrected chi connectivity index (χ1v) is 10.9. The van der Waals surface area contributed by atoms with E-state index in [9.17, 15) is 9.18 Å². The van der Waals surface area contributed by atoms with E-state index in [2.05, 4.69) is 17.6 Å². The standard InChI is InChI=1S/C24H32FN3O3/c1-5-20(27-24(29)26-6-2)23-18-14-22(31-4)21(30-3)13-16(18)11-12-28(23)15-17-9-7-8-10-19(17)25/h7-10,13-14,20,23H,5-6,11-12,15H2,1-4H3,(H2,26,27,29)/p+1/t20-,23+/m1/s1. The molecule has 2 amide bonds. The molecule has 2 aromatic carbocycles. The van der Waals surface area contributed by atoms with Crippen LogP contribution < -0.4 is 25.0 Å². The Hall–Kier alpha value is -2.80. The van der Waals surface area contributed by atoms with Crippen LogP contribution in [0.25, 0.3) is 0 Å². The predicted molar refractivity (Wildman–Crippen MR) is 118 cm³/mol. The number of methoxy groups -OCH3 is 2. The number of quaternary nitrogens is 1. The quantitative estimate of drug-likeness (QED) is 0.603. The third-order valence-electron chi connectivity index (χ3n) is 6.01. The van der Waals surface area contributed by atoms with Gasteiger partial charge in [-0.05, 0) is 37.1 Å². The molecule has 3 atom stereocenters. The molecule has 7 heteroatoms. The van der Waals surface area contributed by atoms with Crippen LogP contribution in [0.1, 0.15) is 43.0 Å². The van der Waals surface area contributed by atoms with Crippen LogP contribution in [0.5, 0.6) is 11.5 Å². The zero-order valence-corrected chi connectivity index (χ0v) is 18.8. The van der Waals surface area contributed by atoms with Gasteiger partial charge in [-0.2, -0.15) is 0 Å². The van der Waals surface area contributed by atoms with Crippen LogP contribution in [0.15, 0.2) is 36.4 Å². The average Bonchev–Trinajstić information content (AvgIpc) is 2.78. The molecule has 0 spiro atoms. The van der Waals surface area contributed by atoms with Crippen molar-refractivity contribution in [3.8, 4) is 11.5 Å². The first kappa shape index (κ1) is 22.9. The number of amides is 2. The van der Waals surface area contributed by atoms with Crippen molar-refractivity contribution < 1.29 is 23.6 Å². The van der Waals surface area contributed by atoms with Crippen LogP contribution >= 0.6 is 0 Å². The van der Waals surface area contributed by atoms with Gasteiger partial charge in [0.05, 0.1) is 26.8 Å². The number of ether oxygens (including phenoxy) is 2. The van der Waals surface area contributed by atoms with Crippen LogP contribution in [0.3, 0.4) is 0 Å². The Morgan fingerprint density at radius 3 is 2.55 bits per heavy atom. The molecule has 0 saturated heterocycles. The lowest BCUT2D eigenvalue weighted by atomic mass is 9.86. The van der Waals surface area contributed by atoms with Crippen LogP contribution in [0.2, 0.25) is 0 Å². The zero-order chi connectivity index (χ0) is 22.4. The molecule has 1 aliphatic heterocycles. The van der Waals surface area contributed by atoms with Crippen molar-refractivity contribution >= 4 is 6.03 Å². The van der Waals surface area contributed by atoms with Gasteiger partial charge >= 0.3 is 6.03 Å². The molecule has 3 rings (SSSR count). The number of rotatable bonds is 8. The van der Waals surface area contributed by atoms with Gasteiger partial charge in [0.15, 0.2) is 11.5 Å². The van der Waals surface area contributed by atoms with Crippen molar-refractivity contribution in [2.45, 2.75) is 45.3 Å². The van der Waals surface area contributed by atoms with Crippen LogP contribution in [0.4, 0.5) is 9.18 Å². The molecule has 6 nitrogen and oxygen atoms in total. The molecule has 168 valence electrons. The van der Waals surface area contributed by atoms with Gasteiger partial charge in [0.2, 0.25) is 0 Å². The van der Waals surface area contributed by atoms with Gasteiger partial charge < -0.3 is 25.0 Å². The normalized spacial score (nSPS) is 18.6. The molecule has 0 aliphatic carbocycles. The summed E-state index contributed by atoms with van der Waals surface area (Å²) in [5.41, 5.74) is 2.97. The van der Waals surface area contributed by atoms with Crippen LogP contribution in [0, 0.1) is 5.82 Å². The molecule has 2 aromatic rings. The fourth-order valence-electron chi connectivity index (χ4n) is 4.50. The predicted octanol–water partition coefficient (Wildman–Crippen LogP) is 2.62. The van der Waals surface area contributed by atoms with Gasteiger partial charge in [0.1, 0.15) is 18.4 Å². The van der Waals surface area contributed by atoms with Crippen molar-refractivity contribution in [3.05, 3.63) is 58.9 Å². The Labute approximate surface area is 183 Å². The summed E-state index contributed by atoms with van der Waals surface area (Å²) < 4.78 is 25.5. The topological polar surface area (TPSA) is 64.0 Å². The Morgan fingerprint density at radius 1 is 1.19 bits per heavy atom. The summed E-state index contributed by atoms with van der Waals surface area (Å²) in [7, 11) is 3.25. The molecule has 1 unspecified atom stereocenters. The number of hydrogen-bond donors (Lipinski definition) is 3. The third kappa shape index (κ3) is 5.10. The molecule has 0 saturated carbocycles. The Balaban J connectivity index is 2.03. The average molecular weight is 431 g/mol. The SMILES string of the molecule is CCNC(=O)N[C@H](CC)[C@@H]1c2cc(OC)c(OC)cc2CC[NH+]1Cc1ccccc1F. The third-order valence-corrected chi connectivity index (χ3v) is 6.01. The zero-order valence-electron chi connectivity index (χ0n) is 18.8. The summed E-state index contributed by atoms with van der Waals surface area (Å²) in [4.78, 5) is 13.6. The molecule has 0 aromatic heterocycles. The minimum absolute atomic E-state index is 0.0456. The van der Waals surface area contributed by atoms with E-state index in [0.717, 1.165) is 24.9 Å². The smallest absolute Gasteiger partial charge is 0.315 e. The van der Waals surface area contributed by atoms with E-state index in [1.165, 1.54) is 16.5 Å². The number of carbonyl (C=O) groups is 1. The summed E-state index contributed by atoms with van der Waals surface area (Å²) in [6.07, 6.45) is 1.59. The highest BCUT2D eigenvalue weighted by atomic mass is 19.1.